The second-order valence-corrected chi connectivity index (χ2v) is 12.0. The summed E-state index contributed by atoms with van der Waals surface area (Å²) in [4.78, 5) is 10.9. The fraction of sp³-hybridized carbons (Fsp3) is 0.560. The monoisotopic (exact) mass is 534 g/mol. The molecule has 4 heterocycles. The molecule has 7 nitrogen and oxygen atoms in total. The summed E-state index contributed by atoms with van der Waals surface area (Å²) in [6.07, 6.45) is 6.04. The van der Waals surface area contributed by atoms with Gasteiger partial charge in [0.15, 0.2) is 0 Å². The first-order chi connectivity index (χ1) is 16.7. The number of nitrogens with one attached hydrogen (secondary N) is 2. The van der Waals surface area contributed by atoms with Crippen LogP contribution in [-0.4, -0.2) is 40.6 Å². The predicted molar refractivity (Wildman–Crippen MR) is 138 cm³/mol. The summed E-state index contributed by atoms with van der Waals surface area (Å²) in [5, 5.41) is 10.6. The highest BCUT2D eigenvalue weighted by Gasteiger charge is 2.46. The first-order valence-electron chi connectivity index (χ1n) is 11.9. The molecule has 5 rings (SSSR count). The number of rotatable bonds is 5. The third kappa shape index (κ3) is 4.85. The molecule has 186 valence electrons. The quantitative estimate of drug-likeness (QED) is 0.510. The summed E-state index contributed by atoms with van der Waals surface area (Å²) in [6.45, 7) is 8.19. The van der Waals surface area contributed by atoms with E-state index in [9.17, 15) is 5.26 Å². The summed E-state index contributed by atoms with van der Waals surface area (Å²) in [7, 11) is 0. The van der Waals surface area contributed by atoms with E-state index in [-0.39, 0.29) is 41.0 Å². The number of ether oxygens (including phenoxy) is 1. The van der Waals surface area contributed by atoms with Crippen LogP contribution in [-0.2, 0) is 4.74 Å². The number of pyridine rings is 2. The molecule has 10 heteroatoms. The van der Waals surface area contributed by atoms with Crippen molar-refractivity contribution in [2.24, 2.45) is 11.3 Å². The van der Waals surface area contributed by atoms with Crippen LogP contribution in [0.5, 0.6) is 0 Å². The topological polar surface area (TPSA) is 86.1 Å². The van der Waals surface area contributed by atoms with Crippen molar-refractivity contribution in [3.05, 3.63) is 51.4 Å². The number of fused-ring (bicyclic) bond motifs is 1. The fourth-order valence-electron chi connectivity index (χ4n) is 5.71. The molecule has 2 N–H and O–H groups in total. The van der Waals surface area contributed by atoms with Crippen molar-refractivity contribution < 1.29 is 4.74 Å². The number of hydrogen-bond acceptors (Lipinski definition) is 7. The van der Waals surface area contributed by atoms with Crippen molar-refractivity contribution in [2.45, 2.75) is 63.3 Å². The Morgan fingerprint density at radius 2 is 1.89 bits per heavy atom. The van der Waals surface area contributed by atoms with E-state index in [1.807, 2.05) is 19.2 Å². The highest BCUT2D eigenvalue weighted by Crippen LogP contribution is 2.43. The average molecular weight is 536 g/mol. The van der Waals surface area contributed by atoms with E-state index in [1.54, 1.807) is 12.4 Å². The lowest BCUT2D eigenvalue weighted by atomic mass is 9.78. The van der Waals surface area contributed by atoms with Crippen molar-refractivity contribution in [2.75, 3.05) is 18.0 Å². The summed E-state index contributed by atoms with van der Waals surface area (Å²) in [6, 6.07) is 4.52. The molecular formula is C25H29Cl3N6O. The van der Waals surface area contributed by atoms with Crippen molar-refractivity contribution in [1.82, 2.24) is 20.8 Å². The molecule has 1 aliphatic carbocycles. The molecule has 2 aromatic rings. The minimum absolute atomic E-state index is 0.000144. The van der Waals surface area contributed by atoms with Gasteiger partial charge in [0, 0.05) is 43.3 Å². The van der Waals surface area contributed by atoms with Crippen LogP contribution in [0.2, 0.25) is 10.0 Å². The van der Waals surface area contributed by atoms with E-state index in [2.05, 4.69) is 40.7 Å². The van der Waals surface area contributed by atoms with Crippen LogP contribution in [0, 0.1) is 22.7 Å². The zero-order valence-corrected chi connectivity index (χ0v) is 22.2. The van der Waals surface area contributed by atoms with Gasteiger partial charge in [0.1, 0.15) is 11.9 Å². The van der Waals surface area contributed by atoms with Gasteiger partial charge in [-0.05, 0) is 42.7 Å². The molecule has 0 radical (unpaired) electrons. The van der Waals surface area contributed by atoms with E-state index >= 15 is 0 Å². The van der Waals surface area contributed by atoms with Crippen LogP contribution >= 0.6 is 34.8 Å². The first-order valence-corrected chi connectivity index (χ1v) is 13.1. The second-order valence-electron chi connectivity index (χ2n) is 10.6. The molecule has 2 aliphatic heterocycles. The van der Waals surface area contributed by atoms with Crippen LogP contribution in [0.4, 0.5) is 5.82 Å². The third-order valence-electron chi connectivity index (χ3n) is 7.34. The van der Waals surface area contributed by atoms with Crippen LogP contribution in [0.1, 0.15) is 62.4 Å². The summed E-state index contributed by atoms with van der Waals surface area (Å²) in [5.74, 6) is 0.997. The first kappa shape index (κ1) is 25.0. The molecule has 2 aromatic heterocycles. The number of hydrogen-bond donors (Lipinski definition) is 2. The Balaban J connectivity index is 1.33. The average Bonchev–Trinajstić information content (AvgIpc) is 3.19. The number of anilines is 1. The fourth-order valence-corrected chi connectivity index (χ4v) is 6.74. The lowest BCUT2D eigenvalue weighted by Crippen LogP contribution is -2.53. The van der Waals surface area contributed by atoms with Crippen molar-refractivity contribution >= 4 is 40.6 Å². The molecule has 3 aliphatic rings. The van der Waals surface area contributed by atoms with E-state index in [1.165, 1.54) is 0 Å². The number of hydrazine groups is 1. The Labute approximate surface area is 221 Å². The van der Waals surface area contributed by atoms with Crippen molar-refractivity contribution in [3.8, 4) is 6.07 Å². The Hall–Kier alpha value is -1.66. The van der Waals surface area contributed by atoms with Gasteiger partial charge in [0.05, 0.1) is 39.2 Å². The van der Waals surface area contributed by atoms with Crippen LogP contribution in [0.25, 0.3) is 0 Å². The van der Waals surface area contributed by atoms with Gasteiger partial charge in [-0.3, -0.25) is 10.4 Å². The minimum Gasteiger partial charge on any atom is -0.369 e. The van der Waals surface area contributed by atoms with E-state index in [0.717, 1.165) is 42.9 Å². The SMILES string of the molecule is C[C@@H](OC1CC2C(CC1Cl)NNC2c1cnc(N2CC(C)(C)C2)c(C#N)c1)c1c(Cl)cncc1Cl. The largest absolute Gasteiger partial charge is 0.369 e. The van der Waals surface area contributed by atoms with Gasteiger partial charge in [0.2, 0.25) is 0 Å². The molecule has 0 aromatic carbocycles. The van der Waals surface area contributed by atoms with Crippen LogP contribution in [0.3, 0.4) is 0 Å². The molecule has 2 saturated heterocycles. The molecule has 0 spiro atoms. The molecule has 35 heavy (non-hydrogen) atoms. The van der Waals surface area contributed by atoms with E-state index in [4.69, 9.17) is 44.5 Å². The number of alkyl halides is 1. The number of aromatic nitrogens is 2. The number of nitrogens with zero attached hydrogens (tertiary/aromatic N) is 4. The molecule has 1 saturated carbocycles. The molecular weight excluding hydrogens is 507 g/mol. The lowest BCUT2D eigenvalue weighted by Gasteiger charge is -2.46. The van der Waals surface area contributed by atoms with E-state index in [0.29, 0.717) is 15.6 Å². The summed E-state index contributed by atoms with van der Waals surface area (Å²) >= 11 is 19.5. The third-order valence-corrected chi connectivity index (χ3v) is 8.40. The lowest BCUT2D eigenvalue weighted by molar-refractivity contribution is -0.0343. The van der Waals surface area contributed by atoms with E-state index < -0.39 is 0 Å². The zero-order chi connectivity index (χ0) is 24.9. The standard InChI is InChI=1S/C25H29Cl3N6O/c1-13(22-18(27)9-30-10-19(22)28)35-21-5-16-20(6-17(21)26)32-33-23(16)15-4-14(7-29)24(31-8-15)34-11-25(2,3)12-34/h4,8-10,13,16-17,20-21,23,32-33H,5-6,11-12H2,1-3H3/t13-,16?,17?,20?,21?,23?/m1/s1. The van der Waals surface area contributed by atoms with Gasteiger partial charge in [-0.1, -0.05) is 37.0 Å². The van der Waals surface area contributed by atoms with Gasteiger partial charge in [0.25, 0.3) is 0 Å². The summed E-state index contributed by atoms with van der Waals surface area (Å²) in [5.41, 5.74) is 9.41. The normalized spacial score (nSPS) is 30.3. The van der Waals surface area contributed by atoms with Gasteiger partial charge < -0.3 is 9.64 Å². The van der Waals surface area contributed by atoms with Gasteiger partial charge >= 0.3 is 0 Å². The molecule has 5 unspecified atom stereocenters. The van der Waals surface area contributed by atoms with Crippen molar-refractivity contribution in [1.29, 1.82) is 5.26 Å². The van der Waals surface area contributed by atoms with Crippen LogP contribution in [0.15, 0.2) is 24.7 Å². The highest BCUT2D eigenvalue weighted by molar-refractivity contribution is 6.35. The maximum Gasteiger partial charge on any atom is 0.146 e. The summed E-state index contributed by atoms with van der Waals surface area (Å²) < 4.78 is 6.42. The number of nitriles is 1. The second kappa shape index (κ2) is 9.66. The molecule has 3 fully saturated rings. The Morgan fingerprint density at radius 3 is 2.54 bits per heavy atom. The Kier molecular flexibility index (Phi) is 6.90. The predicted octanol–water partition coefficient (Wildman–Crippen LogP) is 5.18. The minimum atomic E-state index is -0.325. The molecule has 0 amide bonds. The highest BCUT2D eigenvalue weighted by atomic mass is 35.5. The Bertz CT molecular complexity index is 1130. The maximum atomic E-state index is 9.83. The smallest absolute Gasteiger partial charge is 0.146 e. The molecule has 0 bridgehead atoms. The maximum absolute atomic E-state index is 9.83. The van der Waals surface area contributed by atoms with Gasteiger partial charge in [-0.2, -0.15) is 5.26 Å². The Morgan fingerprint density at radius 1 is 1.17 bits per heavy atom. The molecule has 6 atom stereocenters. The van der Waals surface area contributed by atoms with Gasteiger partial charge in [-0.25, -0.2) is 10.4 Å². The zero-order valence-electron chi connectivity index (χ0n) is 19.9. The van der Waals surface area contributed by atoms with Crippen molar-refractivity contribution in [3.63, 3.8) is 0 Å². The number of halogens is 3. The van der Waals surface area contributed by atoms with Gasteiger partial charge in [-0.15, -0.1) is 11.6 Å². The van der Waals surface area contributed by atoms with Crippen LogP contribution < -0.4 is 15.8 Å².